The zero-order chi connectivity index (χ0) is 11.6. The SMILES string of the molecule is COc1cc(OC(F)(F)F)c(C)nc1I. The Kier molecular flexibility index (Phi) is 3.63. The molecule has 0 bridgehead atoms. The molecule has 0 amide bonds. The summed E-state index contributed by atoms with van der Waals surface area (Å²) in [4.78, 5) is 3.87. The Morgan fingerprint density at radius 3 is 2.40 bits per heavy atom. The number of alkyl halides is 3. The van der Waals surface area contributed by atoms with E-state index in [4.69, 9.17) is 4.74 Å². The Balaban J connectivity index is 3.08. The van der Waals surface area contributed by atoms with Crippen LogP contribution in [0.25, 0.3) is 0 Å². The molecule has 0 atom stereocenters. The van der Waals surface area contributed by atoms with Gasteiger partial charge in [-0.1, -0.05) is 0 Å². The number of pyridine rings is 1. The summed E-state index contributed by atoms with van der Waals surface area (Å²) in [7, 11) is 1.35. The van der Waals surface area contributed by atoms with Crippen LogP contribution < -0.4 is 9.47 Å². The molecule has 0 radical (unpaired) electrons. The number of rotatable bonds is 2. The minimum atomic E-state index is -4.72. The van der Waals surface area contributed by atoms with Gasteiger partial charge >= 0.3 is 6.36 Å². The summed E-state index contributed by atoms with van der Waals surface area (Å²) in [6, 6.07) is 1.16. The van der Waals surface area contributed by atoms with Crippen LogP contribution in [-0.2, 0) is 0 Å². The van der Waals surface area contributed by atoms with Gasteiger partial charge in [0.25, 0.3) is 0 Å². The van der Waals surface area contributed by atoms with E-state index in [-0.39, 0.29) is 17.2 Å². The van der Waals surface area contributed by atoms with Gasteiger partial charge in [0.2, 0.25) is 0 Å². The second-order valence-corrected chi connectivity index (χ2v) is 3.63. The third-order valence-electron chi connectivity index (χ3n) is 1.53. The quantitative estimate of drug-likeness (QED) is 0.616. The fourth-order valence-corrected chi connectivity index (χ4v) is 1.65. The molecule has 3 nitrogen and oxygen atoms in total. The van der Waals surface area contributed by atoms with Crippen LogP contribution in [0, 0.1) is 10.6 Å². The summed E-state index contributed by atoms with van der Waals surface area (Å²) in [6.07, 6.45) is -4.72. The molecule has 0 aromatic carbocycles. The van der Waals surface area contributed by atoms with Gasteiger partial charge in [0, 0.05) is 6.07 Å². The van der Waals surface area contributed by atoms with Crippen LogP contribution in [0.15, 0.2) is 6.07 Å². The fourth-order valence-electron chi connectivity index (χ4n) is 0.912. The van der Waals surface area contributed by atoms with E-state index in [0.717, 1.165) is 6.07 Å². The molecule has 0 saturated heterocycles. The molecule has 1 rings (SSSR count). The van der Waals surface area contributed by atoms with Gasteiger partial charge in [-0.15, -0.1) is 13.2 Å². The minimum Gasteiger partial charge on any atom is -0.494 e. The highest BCUT2D eigenvalue weighted by molar-refractivity contribution is 14.1. The molecule has 1 heterocycles. The highest BCUT2D eigenvalue weighted by Gasteiger charge is 2.32. The van der Waals surface area contributed by atoms with Crippen LogP contribution in [0.4, 0.5) is 13.2 Å². The molecule has 0 aliphatic heterocycles. The Morgan fingerprint density at radius 1 is 1.33 bits per heavy atom. The summed E-state index contributed by atoms with van der Waals surface area (Å²) in [5, 5.41) is 0. The highest BCUT2D eigenvalue weighted by Crippen LogP contribution is 2.30. The van der Waals surface area contributed by atoms with E-state index in [0.29, 0.717) is 3.70 Å². The molecule has 0 spiro atoms. The van der Waals surface area contributed by atoms with Crippen LogP contribution in [-0.4, -0.2) is 18.5 Å². The van der Waals surface area contributed by atoms with Crippen molar-refractivity contribution < 1.29 is 22.6 Å². The van der Waals surface area contributed by atoms with Crippen molar-refractivity contribution in [1.82, 2.24) is 4.98 Å². The predicted molar refractivity (Wildman–Crippen MR) is 54.9 cm³/mol. The average molecular weight is 333 g/mol. The lowest BCUT2D eigenvalue weighted by molar-refractivity contribution is -0.275. The highest BCUT2D eigenvalue weighted by atomic mass is 127. The topological polar surface area (TPSA) is 31.4 Å². The van der Waals surface area contributed by atoms with E-state index in [1.807, 2.05) is 22.6 Å². The van der Waals surface area contributed by atoms with E-state index in [1.165, 1.54) is 14.0 Å². The molecular formula is C8H7F3INO2. The molecule has 0 unspecified atom stereocenters. The smallest absolute Gasteiger partial charge is 0.494 e. The van der Waals surface area contributed by atoms with Gasteiger partial charge in [-0.2, -0.15) is 0 Å². The number of methoxy groups -OCH3 is 1. The van der Waals surface area contributed by atoms with E-state index in [1.54, 1.807) is 0 Å². The maximum absolute atomic E-state index is 12.0. The lowest BCUT2D eigenvalue weighted by Gasteiger charge is -2.12. The summed E-state index contributed by atoms with van der Waals surface area (Å²) in [5.41, 5.74) is 0.164. The van der Waals surface area contributed by atoms with Crippen molar-refractivity contribution in [3.8, 4) is 11.5 Å². The van der Waals surface area contributed by atoms with Crippen molar-refractivity contribution in [2.45, 2.75) is 13.3 Å². The maximum atomic E-state index is 12.0. The third-order valence-corrected chi connectivity index (χ3v) is 2.31. The molecule has 0 aliphatic rings. The Hall–Kier alpha value is -0.730. The van der Waals surface area contributed by atoms with Crippen LogP contribution in [0.5, 0.6) is 11.5 Å². The number of aryl methyl sites for hydroxylation is 1. The van der Waals surface area contributed by atoms with E-state index >= 15 is 0 Å². The Morgan fingerprint density at radius 2 is 1.93 bits per heavy atom. The van der Waals surface area contributed by atoms with E-state index in [2.05, 4.69) is 9.72 Å². The summed E-state index contributed by atoms with van der Waals surface area (Å²) < 4.78 is 45.0. The first kappa shape index (κ1) is 12.3. The van der Waals surface area contributed by atoms with Crippen LogP contribution >= 0.6 is 22.6 Å². The second kappa shape index (κ2) is 4.42. The number of halogens is 4. The van der Waals surface area contributed by atoms with Gasteiger partial charge in [0.05, 0.1) is 12.8 Å². The fraction of sp³-hybridized carbons (Fsp3) is 0.375. The molecular weight excluding hydrogens is 326 g/mol. The number of hydrogen-bond acceptors (Lipinski definition) is 3. The van der Waals surface area contributed by atoms with Crippen LogP contribution in [0.2, 0.25) is 0 Å². The third kappa shape index (κ3) is 3.40. The molecule has 1 aromatic heterocycles. The van der Waals surface area contributed by atoms with E-state index < -0.39 is 6.36 Å². The van der Waals surface area contributed by atoms with Crippen LogP contribution in [0.3, 0.4) is 0 Å². The number of ether oxygens (including phenoxy) is 2. The maximum Gasteiger partial charge on any atom is 0.573 e. The molecule has 0 aliphatic carbocycles. The van der Waals surface area contributed by atoms with Gasteiger partial charge in [-0.25, -0.2) is 4.98 Å². The largest absolute Gasteiger partial charge is 0.573 e. The summed E-state index contributed by atoms with van der Waals surface area (Å²) >= 11 is 1.87. The lowest BCUT2D eigenvalue weighted by Crippen LogP contribution is -2.18. The van der Waals surface area contributed by atoms with Gasteiger partial charge < -0.3 is 9.47 Å². The first-order chi connectivity index (χ1) is 6.83. The monoisotopic (exact) mass is 333 g/mol. The zero-order valence-corrected chi connectivity index (χ0v) is 10.0. The van der Waals surface area contributed by atoms with Crippen molar-refractivity contribution in [2.75, 3.05) is 7.11 Å². The van der Waals surface area contributed by atoms with Crippen molar-refractivity contribution >= 4 is 22.6 Å². The molecule has 0 saturated carbocycles. The number of nitrogens with zero attached hydrogens (tertiary/aromatic N) is 1. The standard InChI is InChI=1S/C8H7F3INO2/c1-4-5(15-8(9,10)11)3-6(14-2)7(12)13-4/h3H,1-2H3. The van der Waals surface area contributed by atoms with Gasteiger partial charge in [-0.3, -0.25) is 0 Å². The predicted octanol–water partition coefficient (Wildman–Crippen LogP) is 2.90. The average Bonchev–Trinajstić information content (AvgIpc) is 2.07. The van der Waals surface area contributed by atoms with Crippen LogP contribution in [0.1, 0.15) is 5.69 Å². The van der Waals surface area contributed by atoms with Crippen molar-refractivity contribution in [3.05, 3.63) is 15.5 Å². The second-order valence-electron chi connectivity index (χ2n) is 2.61. The van der Waals surface area contributed by atoms with Gasteiger partial charge in [0.15, 0.2) is 11.5 Å². The van der Waals surface area contributed by atoms with Crippen molar-refractivity contribution in [1.29, 1.82) is 0 Å². The van der Waals surface area contributed by atoms with Gasteiger partial charge in [0.1, 0.15) is 3.70 Å². The lowest BCUT2D eigenvalue weighted by atomic mass is 10.3. The summed E-state index contributed by atoms with van der Waals surface area (Å²) in [6.45, 7) is 1.43. The normalized spacial score (nSPS) is 11.3. The van der Waals surface area contributed by atoms with Gasteiger partial charge in [-0.05, 0) is 29.5 Å². The first-order valence-corrected chi connectivity index (χ1v) is 4.88. The van der Waals surface area contributed by atoms with Crippen molar-refractivity contribution in [3.63, 3.8) is 0 Å². The molecule has 84 valence electrons. The molecule has 1 aromatic rings. The molecule has 15 heavy (non-hydrogen) atoms. The molecule has 0 fully saturated rings. The summed E-state index contributed by atoms with van der Waals surface area (Å²) in [5.74, 6) is -0.0970. The van der Waals surface area contributed by atoms with E-state index in [9.17, 15) is 13.2 Å². The molecule has 0 N–H and O–H groups in total. The number of hydrogen-bond donors (Lipinski definition) is 0. The minimum absolute atomic E-state index is 0.164. The molecule has 7 heteroatoms. The first-order valence-electron chi connectivity index (χ1n) is 3.80. The zero-order valence-electron chi connectivity index (χ0n) is 7.85. The Labute approximate surface area is 97.7 Å². The van der Waals surface area contributed by atoms with Crippen molar-refractivity contribution in [2.24, 2.45) is 0 Å². The Bertz CT molecular complexity index is 368. The number of aromatic nitrogens is 1.